The molecule has 3 heterocycles. The quantitative estimate of drug-likeness (QED) is 0.511. The number of hydrogen-bond donors (Lipinski definition) is 3. The van der Waals surface area contributed by atoms with Crippen molar-refractivity contribution in [3.63, 3.8) is 0 Å². The maximum atomic E-state index is 14.0. The molecule has 3 aromatic rings. The van der Waals surface area contributed by atoms with E-state index in [-0.39, 0.29) is 12.6 Å². The minimum atomic E-state index is -1.59. The average Bonchev–Trinajstić information content (AvgIpc) is 3.21. The lowest BCUT2D eigenvalue weighted by atomic mass is 10.0. The lowest BCUT2D eigenvalue weighted by Gasteiger charge is -2.23. The Bertz CT molecular complexity index is 1030. The van der Waals surface area contributed by atoms with E-state index in [0.29, 0.717) is 17.1 Å². The van der Waals surface area contributed by atoms with Crippen molar-refractivity contribution in [3.05, 3.63) is 54.7 Å². The fourth-order valence-electron chi connectivity index (χ4n) is 2.90. The number of halogens is 1. The third-order valence-corrected chi connectivity index (χ3v) is 4.66. The number of amides is 1. The minimum absolute atomic E-state index is 0.0650. The van der Waals surface area contributed by atoms with Crippen LogP contribution in [0.5, 0.6) is 0 Å². The smallest absolute Gasteiger partial charge is 0.255 e. The average molecular weight is 426 g/mol. The van der Waals surface area contributed by atoms with Crippen molar-refractivity contribution in [2.24, 2.45) is 0 Å². The first kappa shape index (κ1) is 22.4. The topological polar surface area (TPSA) is 105 Å². The van der Waals surface area contributed by atoms with Crippen LogP contribution in [0.15, 0.2) is 49.2 Å². The standard InChI is InChI=1S/C22H27FN6O2/c1-14(2)28-18-9-20(29-8-6-16(13-29)15-5-7-26-27-10-15)24-11-17(18)21(30)25-12-19(23)22(3,4)31/h5-11,13-14,19,31H,12H2,1-4H3,(H,24,28)(H,25,30). The Morgan fingerprint density at radius 2 is 2.00 bits per heavy atom. The van der Waals surface area contributed by atoms with Gasteiger partial charge in [-0.15, -0.1) is 0 Å². The summed E-state index contributed by atoms with van der Waals surface area (Å²) in [6, 6.07) is 5.64. The highest BCUT2D eigenvalue weighted by molar-refractivity contribution is 5.99. The predicted octanol–water partition coefficient (Wildman–Crippen LogP) is 2.99. The molecule has 1 amide bonds. The Balaban J connectivity index is 1.85. The maximum Gasteiger partial charge on any atom is 0.255 e. The van der Waals surface area contributed by atoms with Gasteiger partial charge in [0, 0.05) is 41.8 Å². The van der Waals surface area contributed by atoms with E-state index in [9.17, 15) is 14.3 Å². The van der Waals surface area contributed by atoms with Crippen molar-refractivity contribution in [1.82, 2.24) is 25.1 Å². The van der Waals surface area contributed by atoms with E-state index < -0.39 is 17.7 Å². The SMILES string of the molecule is CC(C)Nc1cc(-n2ccc(-c3ccnnc3)c2)ncc1C(=O)NCC(F)C(C)(C)O. The number of pyridine rings is 1. The minimum Gasteiger partial charge on any atom is -0.387 e. The normalized spacial score (nSPS) is 12.6. The van der Waals surface area contributed by atoms with E-state index in [1.165, 1.54) is 20.0 Å². The molecule has 3 rings (SSSR count). The lowest BCUT2D eigenvalue weighted by Crippen LogP contribution is -2.42. The predicted molar refractivity (Wildman–Crippen MR) is 117 cm³/mol. The third kappa shape index (κ3) is 5.64. The van der Waals surface area contributed by atoms with Gasteiger partial charge in [-0.25, -0.2) is 9.37 Å². The molecule has 3 aromatic heterocycles. The third-order valence-electron chi connectivity index (χ3n) is 4.66. The van der Waals surface area contributed by atoms with Crippen LogP contribution >= 0.6 is 0 Å². The van der Waals surface area contributed by atoms with E-state index >= 15 is 0 Å². The van der Waals surface area contributed by atoms with Gasteiger partial charge in [0.05, 0.1) is 35.8 Å². The molecule has 0 aliphatic carbocycles. The molecule has 3 N–H and O–H groups in total. The summed E-state index contributed by atoms with van der Waals surface area (Å²) in [5.74, 6) is 0.151. The molecule has 0 aliphatic heterocycles. The number of anilines is 1. The molecule has 1 unspecified atom stereocenters. The second-order valence-electron chi connectivity index (χ2n) is 8.16. The Hall–Kier alpha value is -3.33. The molecular weight excluding hydrogens is 399 g/mol. The van der Waals surface area contributed by atoms with Crippen molar-refractivity contribution >= 4 is 11.6 Å². The summed E-state index contributed by atoms with van der Waals surface area (Å²) < 4.78 is 15.9. The van der Waals surface area contributed by atoms with E-state index in [1.807, 2.05) is 42.9 Å². The number of carbonyl (C=O) groups is 1. The Morgan fingerprint density at radius 3 is 2.65 bits per heavy atom. The highest BCUT2D eigenvalue weighted by atomic mass is 19.1. The molecule has 0 saturated heterocycles. The van der Waals surface area contributed by atoms with E-state index in [2.05, 4.69) is 25.8 Å². The van der Waals surface area contributed by atoms with Gasteiger partial charge < -0.3 is 20.3 Å². The lowest BCUT2D eigenvalue weighted by molar-refractivity contribution is -0.00177. The fraction of sp³-hybridized carbons (Fsp3) is 0.364. The van der Waals surface area contributed by atoms with Gasteiger partial charge >= 0.3 is 0 Å². The van der Waals surface area contributed by atoms with Gasteiger partial charge in [0.1, 0.15) is 12.0 Å². The highest BCUT2D eigenvalue weighted by Gasteiger charge is 2.27. The highest BCUT2D eigenvalue weighted by Crippen LogP contribution is 2.23. The van der Waals surface area contributed by atoms with Gasteiger partial charge in [-0.2, -0.15) is 10.2 Å². The van der Waals surface area contributed by atoms with E-state index in [4.69, 9.17) is 0 Å². The van der Waals surface area contributed by atoms with Crippen molar-refractivity contribution in [3.8, 4) is 16.9 Å². The largest absolute Gasteiger partial charge is 0.387 e. The van der Waals surface area contributed by atoms with Crippen LogP contribution in [0.3, 0.4) is 0 Å². The molecule has 9 heteroatoms. The molecular formula is C22H27FN6O2. The number of carbonyl (C=O) groups excluding carboxylic acids is 1. The molecule has 8 nitrogen and oxygen atoms in total. The number of nitrogens with one attached hydrogen (secondary N) is 2. The number of aliphatic hydroxyl groups is 1. The zero-order chi connectivity index (χ0) is 22.6. The van der Waals surface area contributed by atoms with Gasteiger partial charge in [0.2, 0.25) is 0 Å². The first-order valence-corrected chi connectivity index (χ1v) is 10.0. The van der Waals surface area contributed by atoms with Gasteiger partial charge in [0.25, 0.3) is 5.91 Å². The van der Waals surface area contributed by atoms with E-state index in [1.54, 1.807) is 18.5 Å². The molecule has 0 aromatic carbocycles. The zero-order valence-electron chi connectivity index (χ0n) is 18.0. The van der Waals surface area contributed by atoms with Crippen LogP contribution in [0.25, 0.3) is 16.9 Å². The first-order chi connectivity index (χ1) is 14.6. The second-order valence-corrected chi connectivity index (χ2v) is 8.16. The van der Waals surface area contributed by atoms with Crippen molar-refractivity contribution in [2.45, 2.75) is 45.5 Å². The summed E-state index contributed by atoms with van der Waals surface area (Å²) >= 11 is 0. The summed E-state index contributed by atoms with van der Waals surface area (Å²) in [5.41, 5.74) is 1.23. The van der Waals surface area contributed by atoms with Crippen LogP contribution < -0.4 is 10.6 Å². The van der Waals surface area contributed by atoms with Gasteiger partial charge in [-0.3, -0.25) is 4.79 Å². The summed E-state index contributed by atoms with van der Waals surface area (Å²) in [7, 11) is 0. The van der Waals surface area contributed by atoms with Crippen molar-refractivity contribution in [2.75, 3.05) is 11.9 Å². The Morgan fingerprint density at radius 1 is 1.23 bits per heavy atom. The van der Waals surface area contributed by atoms with Crippen molar-refractivity contribution in [1.29, 1.82) is 0 Å². The number of alkyl halides is 1. The molecule has 0 bridgehead atoms. The molecule has 0 spiro atoms. The fourth-order valence-corrected chi connectivity index (χ4v) is 2.90. The summed E-state index contributed by atoms with van der Waals surface area (Å²) in [6.45, 7) is 6.33. The molecule has 0 fully saturated rings. The number of nitrogens with zero attached hydrogens (tertiary/aromatic N) is 4. The van der Waals surface area contributed by atoms with Crippen LogP contribution in [0, 0.1) is 0 Å². The monoisotopic (exact) mass is 426 g/mol. The molecule has 164 valence electrons. The van der Waals surface area contributed by atoms with Crippen LogP contribution in [0.1, 0.15) is 38.1 Å². The van der Waals surface area contributed by atoms with Crippen LogP contribution in [-0.2, 0) is 0 Å². The van der Waals surface area contributed by atoms with Crippen LogP contribution in [0.2, 0.25) is 0 Å². The van der Waals surface area contributed by atoms with Crippen LogP contribution in [-0.4, -0.2) is 55.1 Å². The van der Waals surface area contributed by atoms with Crippen LogP contribution in [0.4, 0.5) is 10.1 Å². The molecule has 0 radical (unpaired) electrons. The van der Waals surface area contributed by atoms with Gasteiger partial charge in [-0.05, 0) is 39.8 Å². The number of hydrogen-bond acceptors (Lipinski definition) is 6. The van der Waals surface area contributed by atoms with Gasteiger partial charge in [0.15, 0.2) is 0 Å². The summed E-state index contributed by atoms with van der Waals surface area (Å²) in [4.78, 5) is 17.1. The first-order valence-electron chi connectivity index (χ1n) is 10.0. The molecule has 1 atom stereocenters. The Labute approximate surface area is 180 Å². The summed E-state index contributed by atoms with van der Waals surface area (Å²) in [6.07, 6.45) is 6.95. The van der Waals surface area contributed by atoms with Gasteiger partial charge in [-0.1, -0.05) is 0 Å². The second kappa shape index (κ2) is 9.22. The number of aromatic nitrogens is 4. The van der Waals surface area contributed by atoms with E-state index in [0.717, 1.165) is 11.1 Å². The Kier molecular flexibility index (Phi) is 6.65. The molecule has 0 saturated carbocycles. The molecule has 0 aliphatic rings. The molecule has 31 heavy (non-hydrogen) atoms. The summed E-state index contributed by atoms with van der Waals surface area (Å²) in [5, 5.41) is 23.2. The number of rotatable bonds is 8. The van der Waals surface area contributed by atoms with Crippen molar-refractivity contribution < 1.29 is 14.3 Å². The maximum absolute atomic E-state index is 14.0. The zero-order valence-corrected chi connectivity index (χ0v) is 18.0.